The van der Waals surface area contributed by atoms with Crippen LogP contribution in [-0.2, 0) is 0 Å². The first-order chi connectivity index (χ1) is 7.59. The molecule has 0 bridgehead atoms. The molecular weight excluding hydrogens is 204 g/mol. The molecule has 88 valence electrons. The van der Waals surface area contributed by atoms with E-state index in [1.807, 2.05) is 36.1 Å². The minimum absolute atomic E-state index is 0.0499. The van der Waals surface area contributed by atoms with Gasteiger partial charge in [-0.2, -0.15) is 0 Å². The van der Waals surface area contributed by atoms with Crippen LogP contribution in [0.15, 0.2) is 24.3 Å². The van der Waals surface area contributed by atoms with E-state index in [2.05, 4.69) is 0 Å². The molecule has 3 unspecified atom stereocenters. The molecule has 1 fully saturated rings. The van der Waals surface area contributed by atoms with Crippen LogP contribution in [0.3, 0.4) is 0 Å². The third kappa shape index (κ3) is 2.04. The lowest BCUT2D eigenvalue weighted by Crippen LogP contribution is -2.23. The first-order valence-electron chi connectivity index (χ1n) is 5.55. The summed E-state index contributed by atoms with van der Waals surface area (Å²) in [6.45, 7) is 2.86. The zero-order chi connectivity index (χ0) is 11.7. The van der Waals surface area contributed by atoms with Crippen LogP contribution >= 0.6 is 0 Å². The molecule has 0 spiro atoms. The summed E-state index contributed by atoms with van der Waals surface area (Å²) in [5.41, 5.74) is 7.95. The predicted octanol–water partition coefficient (Wildman–Crippen LogP) is 0.248. The standard InChI is InChI=1S/C12H18N2O2/c1-8(13)9-4-2-3-5-10(9)14-6-11(15)12(16)7-14/h2-5,8,11-12,15-16H,6-7,13H2,1H3. The lowest BCUT2D eigenvalue weighted by atomic mass is 10.1. The van der Waals surface area contributed by atoms with E-state index in [0.717, 1.165) is 11.3 Å². The van der Waals surface area contributed by atoms with Gasteiger partial charge in [0.05, 0.1) is 12.2 Å². The number of β-amino-alcohol motifs (C(OH)–C–C–N with tert-alkyl or cyclic N) is 2. The van der Waals surface area contributed by atoms with Crippen LogP contribution in [0.25, 0.3) is 0 Å². The maximum atomic E-state index is 9.54. The third-order valence-electron chi connectivity index (χ3n) is 3.03. The van der Waals surface area contributed by atoms with Crippen molar-refractivity contribution >= 4 is 5.69 Å². The van der Waals surface area contributed by atoms with Gasteiger partial charge in [0.25, 0.3) is 0 Å². The van der Waals surface area contributed by atoms with E-state index in [9.17, 15) is 10.2 Å². The third-order valence-corrected chi connectivity index (χ3v) is 3.03. The van der Waals surface area contributed by atoms with E-state index < -0.39 is 12.2 Å². The largest absolute Gasteiger partial charge is 0.389 e. The second kappa shape index (κ2) is 4.41. The van der Waals surface area contributed by atoms with Crippen LogP contribution in [-0.4, -0.2) is 35.5 Å². The van der Waals surface area contributed by atoms with E-state index in [1.54, 1.807) is 0 Å². The van der Waals surface area contributed by atoms with E-state index in [-0.39, 0.29) is 6.04 Å². The van der Waals surface area contributed by atoms with Gasteiger partial charge in [0.15, 0.2) is 0 Å². The highest BCUT2D eigenvalue weighted by Crippen LogP contribution is 2.28. The maximum absolute atomic E-state index is 9.54. The van der Waals surface area contributed by atoms with Gasteiger partial charge in [-0.15, -0.1) is 0 Å². The molecule has 0 amide bonds. The maximum Gasteiger partial charge on any atom is 0.0990 e. The summed E-state index contributed by atoms with van der Waals surface area (Å²) in [7, 11) is 0. The molecule has 1 aliphatic rings. The van der Waals surface area contributed by atoms with Crippen molar-refractivity contribution in [3.05, 3.63) is 29.8 Å². The summed E-state index contributed by atoms with van der Waals surface area (Å²) in [4.78, 5) is 1.98. The number of hydrogen-bond donors (Lipinski definition) is 3. The van der Waals surface area contributed by atoms with Gasteiger partial charge in [0, 0.05) is 24.8 Å². The van der Waals surface area contributed by atoms with Crippen molar-refractivity contribution in [1.29, 1.82) is 0 Å². The second-order valence-corrected chi connectivity index (χ2v) is 4.39. The topological polar surface area (TPSA) is 69.7 Å². The van der Waals surface area contributed by atoms with E-state index >= 15 is 0 Å². The molecule has 1 heterocycles. The van der Waals surface area contributed by atoms with E-state index in [0.29, 0.717) is 13.1 Å². The van der Waals surface area contributed by atoms with E-state index in [4.69, 9.17) is 5.73 Å². The highest BCUT2D eigenvalue weighted by molar-refractivity contribution is 5.56. The Morgan fingerprint density at radius 2 is 1.81 bits per heavy atom. The van der Waals surface area contributed by atoms with Crippen molar-refractivity contribution in [2.45, 2.75) is 25.2 Å². The van der Waals surface area contributed by atoms with Crippen molar-refractivity contribution in [3.63, 3.8) is 0 Å². The molecular formula is C12H18N2O2. The zero-order valence-corrected chi connectivity index (χ0v) is 9.37. The average molecular weight is 222 g/mol. The molecule has 0 aliphatic carbocycles. The Balaban J connectivity index is 2.27. The molecule has 16 heavy (non-hydrogen) atoms. The van der Waals surface area contributed by atoms with Gasteiger partial charge in [-0.3, -0.25) is 0 Å². The Hall–Kier alpha value is -1.10. The van der Waals surface area contributed by atoms with Crippen molar-refractivity contribution in [2.75, 3.05) is 18.0 Å². The van der Waals surface area contributed by atoms with Crippen LogP contribution in [0, 0.1) is 0 Å². The molecule has 0 radical (unpaired) electrons. The van der Waals surface area contributed by atoms with Crippen LogP contribution in [0.5, 0.6) is 0 Å². The minimum Gasteiger partial charge on any atom is -0.389 e. The average Bonchev–Trinajstić information content (AvgIpc) is 2.59. The van der Waals surface area contributed by atoms with Gasteiger partial charge in [0.2, 0.25) is 0 Å². The fraction of sp³-hybridized carbons (Fsp3) is 0.500. The summed E-state index contributed by atoms with van der Waals surface area (Å²) in [5, 5.41) is 19.1. The Morgan fingerprint density at radius 1 is 1.25 bits per heavy atom. The molecule has 1 aromatic rings. The minimum atomic E-state index is -0.666. The van der Waals surface area contributed by atoms with Gasteiger partial charge < -0.3 is 20.8 Å². The molecule has 1 aliphatic heterocycles. The number of aliphatic hydroxyl groups is 2. The van der Waals surface area contributed by atoms with E-state index in [1.165, 1.54) is 0 Å². The molecule has 3 atom stereocenters. The molecule has 4 heteroatoms. The molecule has 0 saturated carbocycles. The summed E-state index contributed by atoms with van der Waals surface area (Å²) in [6.07, 6.45) is -1.33. The van der Waals surface area contributed by atoms with Gasteiger partial charge in [-0.1, -0.05) is 18.2 Å². The fourth-order valence-corrected chi connectivity index (χ4v) is 2.13. The highest BCUT2D eigenvalue weighted by Gasteiger charge is 2.30. The summed E-state index contributed by atoms with van der Waals surface area (Å²) in [6, 6.07) is 7.80. The molecule has 1 aromatic carbocycles. The zero-order valence-electron chi connectivity index (χ0n) is 9.37. The van der Waals surface area contributed by atoms with Gasteiger partial charge in [0.1, 0.15) is 0 Å². The number of aliphatic hydroxyl groups excluding tert-OH is 2. The lowest BCUT2D eigenvalue weighted by Gasteiger charge is -2.22. The number of anilines is 1. The molecule has 0 aromatic heterocycles. The smallest absolute Gasteiger partial charge is 0.0990 e. The summed E-state index contributed by atoms with van der Waals surface area (Å²) >= 11 is 0. The number of nitrogens with two attached hydrogens (primary N) is 1. The fourth-order valence-electron chi connectivity index (χ4n) is 2.13. The molecule has 1 saturated heterocycles. The van der Waals surface area contributed by atoms with Gasteiger partial charge >= 0.3 is 0 Å². The number of rotatable bonds is 2. The quantitative estimate of drug-likeness (QED) is 0.671. The molecule has 4 nitrogen and oxygen atoms in total. The first kappa shape index (κ1) is 11.4. The number of hydrogen-bond acceptors (Lipinski definition) is 4. The van der Waals surface area contributed by atoms with Crippen LogP contribution < -0.4 is 10.6 Å². The van der Waals surface area contributed by atoms with Gasteiger partial charge in [-0.05, 0) is 18.6 Å². The van der Waals surface area contributed by atoms with Crippen LogP contribution in [0.4, 0.5) is 5.69 Å². The first-order valence-corrected chi connectivity index (χ1v) is 5.55. The van der Waals surface area contributed by atoms with Crippen molar-refractivity contribution in [2.24, 2.45) is 5.73 Å². The highest BCUT2D eigenvalue weighted by atomic mass is 16.3. The monoisotopic (exact) mass is 222 g/mol. The molecule has 2 rings (SSSR count). The normalized spacial score (nSPS) is 27.1. The predicted molar refractivity (Wildman–Crippen MR) is 63.3 cm³/mol. The summed E-state index contributed by atoms with van der Waals surface area (Å²) in [5.74, 6) is 0. The summed E-state index contributed by atoms with van der Waals surface area (Å²) < 4.78 is 0. The number of para-hydroxylation sites is 1. The van der Waals surface area contributed by atoms with Crippen LogP contribution in [0.2, 0.25) is 0 Å². The SMILES string of the molecule is CC(N)c1ccccc1N1CC(O)C(O)C1. The number of benzene rings is 1. The van der Waals surface area contributed by atoms with Crippen molar-refractivity contribution in [3.8, 4) is 0 Å². The molecule has 4 N–H and O–H groups in total. The van der Waals surface area contributed by atoms with Crippen molar-refractivity contribution in [1.82, 2.24) is 0 Å². The van der Waals surface area contributed by atoms with Gasteiger partial charge in [-0.25, -0.2) is 0 Å². The second-order valence-electron chi connectivity index (χ2n) is 4.39. The Labute approximate surface area is 95.3 Å². The Morgan fingerprint density at radius 3 is 2.38 bits per heavy atom. The van der Waals surface area contributed by atoms with Crippen LogP contribution in [0.1, 0.15) is 18.5 Å². The Bertz CT molecular complexity index is 358. The number of nitrogens with zero attached hydrogens (tertiary/aromatic N) is 1. The van der Waals surface area contributed by atoms with Crippen molar-refractivity contribution < 1.29 is 10.2 Å². The Kier molecular flexibility index (Phi) is 3.14. The lowest BCUT2D eigenvalue weighted by molar-refractivity contribution is 0.0572.